The zero-order valence-electron chi connectivity index (χ0n) is 11.6. The molecule has 3 heterocycles. The summed E-state index contributed by atoms with van der Waals surface area (Å²) in [6.07, 6.45) is 1.20. The van der Waals surface area contributed by atoms with Gasteiger partial charge in [-0.15, -0.1) is 11.3 Å². The van der Waals surface area contributed by atoms with E-state index in [1.54, 1.807) is 16.2 Å². The fourth-order valence-electron chi connectivity index (χ4n) is 2.32. The van der Waals surface area contributed by atoms with Crippen molar-refractivity contribution >= 4 is 23.2 Å². The van der Waals surface area contributed by atoms with Crippen molar-refractivity contribution in [3.05, 3.63) is 52.0 Å². The molecule has 0 bridgehead atoms. The second-order valence-corrected chi connectivity index (χ2v) is 5.84. The van der Waals surface area contributed by atoms with Gasteiger partial charge in [0.25, 0.3) is 5.91 Å². The molecule has 22 heavy (non-hydrogen) atoms. The number of rotatable bonds is 3. The van der Waals surface area contributed by atoms with Crippen LogP contribution in [0, 0.1) is 0 Å². The van der Waals surface area contributed by atoms with Crippen molar-refractivity contribution in [2.75, 3.05) is 19.7 Å². The molecule has 3 rings (SSSR count). The Bertz CT molecular complexity index is 687. The van der Waals surface area contributed by atoms with Gasteiger partial charge >= 0.3 is 5.97 Å². The monoisotopic (exact) mass is 318 g/mol. The fraction of sp³-hybridized carbons (Fsp3) is 0.267. The Hall–Kier alpha value is -2.25. The minimum atomic E-state index is -1.07. The van der Waals surface area contributed by atoms with E-state index in [0.29, 0.717) is 19.7 Å². The highest BCUT2D eigenvalue weighted by atomic mass is 32.1. The lowest BCUT2D eigenvalue weighted by Crippen LogP contribution is -2.42. The number of hydrogen-bond acceptors (Lipinski definition) is 5. The summed E-state index contributed by atoms with van der Waals surface area (Å²) < 4.78 is 5.70. The molecule has 1 saturated heterocycles. The first-order chi connectivity index (χ1) is 10.6. The van der Waals surface area contributed by atoms with Gasteiger partial charge in [-0.25, -0.2) is 4.79 Å². The van der Waals surface area contributed by atoms with Gasteiger partial charge < -0.3 is 14.7 Å². The third-order valence-corrected chi connectivity index (χ3v) is 4.40. The van der Waals surface area contributed by atoms with Crippen LogP contribution in [0.2, 0.25) is 0 Å². The number of thiophene rings is 1. The summed E-state index contributed by atoms with van der Waals surface area (Å²) in [5, 5.41) is 11.0. The van der Waals surface area contributed by atoms with Crippen LogP contribution >= 0.6 is 11.3 Å². The number of amides is 1. The molecular weight excluding hydrogens is 304 g/mol. The number of aromatic nitrogens is 1. The van der Waals surface area contributed by atoms with Crippen LogP contribution in [0.1, 0.15) is 31.8 Å². The van der Waals surface area contributed by atoms with E-state index in [9.17, 15) is 9.59 Å². The first-order valence-electron chi connectivity index (χ1n) is 6.79. The Morgan fingerprint density at radius 2 is 2.27 bits per heavy atom. The second kappa shape index (κ2) is 6.25. The second-order valence-electron chi connectivity index (χ2n) is 4.86. The summed E-state index contributed by atoms with van der Waals surface area (Å²) in [5.41, 5.74) is 0.202. The lowest BCUT2D eigenvalue weighted by atomic mass is 10.2. The molecule has 2 aromatic rings. The summed E-state index contributed by atoms with van der Waals surface area (Å²) in [4.78, 5) is 30.2. The predicted molar refractivity (Wildman–Crippen MR) is 80.1 cm³/mol. The Labute approximate surface area is 131 Å². The van der Waals surface area contributed by atoms with Crippen LogP contribution in [0.3, 0.4) is 0 Å². The lowest BCUT2D eigenvalue weighted by molar-refractivity contribution is -0.0213. The molecule has 1 atom stereocenters. The van der Waals surface area contributed by atoms with E-state index >= 15 is 0 Å². The van der Waals surface area contributed by atoms with Gasteiger partial charge in [-0.2, -0.15) is 0 Å². The van der Waals surface area contributed by atoms with Crippen molar-refractivity contribution in [1.82, 2.24) is 9.88 Å². The topological polar surface area (TPSA) is 79.7 Å². The number of carbonyl (C=O) groups is 2. The van der Waals surface area contributed by atoms with Crippen LogP contribution in [0.15, 0.2) is 35.8 Å². The molecule has 1 fully saturated rings. The van der Waals surface area contributed by atoms with Crippen molar-refractivity contribution in [2.45, 2.75) is 6.10 Å². The summed E-state index contributed by atoms with van der Waals surface area (Å²) in [7, 11) is 0. The molecule has 0 spiro atoms. The van der Waals surface area contributed by atoms with E-state index in [4.69, 9.17) is 9.84 Å². The third-order valence-electron chi connectivity index (χ3n) is 3.44. The number of carboxylic acid groups (broad SMARTS) is 1. The highest BCUT2D eigenvalue weighted by molar-refractivity contribution is 7.10. The molecule has 1 N–H and O–H groups in total. The number of ether oxygens (including phenoxy) is 1. The van der Waals surface area contributed by atoms with Crippen LogP contribution in [0.25, 0.3) is 0 Å². The van der Waals surface area contributed by atoms with Gasteiger partial charge in [0.05, 0.1) is 18.7 Å². The van der Waals surface area contributed by atoms with Crippen LogP contribution in [0.4, 0.5) is 0 Å². The summed E-state index contributed by atoms with van der Waals surface area (Å²) in [5.74, 6) is -1.34. The number of carboxylic acids is 1. The van der Waals surface area contributed by atoms with Crippen molar-refractivity contribution in [2.24, 2.45) is 0 Å². The maximum atomic E-state index is 12.5. The number of pyridine rings is 1. The van der Waals surface area contributed by atoms with Crippen LogP contribution in [-0.4, -0.2) is 46.6 Å². The van der Waals surface area contributed by atoms with Gasteiger partial charge in [-0.1, -0.05) is 6.07 Å². The quantitative estimate of drug-likeness (QED) is 0.937. The molecule has 0 saturated carbocycles. The van der Waals surface area contributed by atoms with Crippen LogP contribution in [0.5, 0.6) is 0 Å². The third kappa shape index (κ3) is 3.00. The molecule has 0 aromatic carbocycles. The minimum Gasteiger partial charge on any atom is -0.478 e. The molecule has 6 nitrogen and oxygen atoms in total. The minimum absolute atomic E-state index is 0.0569. The number of aromatic carboxylic acids is 1. The van der Waals surface area contributed by atoms with Gasteiger partial charge in [-0.05, 0) is 23.6 Å². The molecule has 2 aromatic heterocycles. The Balaban J connectivity index is 1.77. The molecule has 7 heteroatoms. The standard InChI is InChI=1S/C15H14N2O4S/c18-14(11-8-10(15(19)20)3-4-16-11)17-5-6-21-12(9-17)13-2-1-7-22-13/h1-4,7-8,12H,5-6,9H2,(H,19,20). The smallest absolute Gasteiger partial charge is 0.335 e. The number of hydrogen-bond donors (Lipinski definition) is 1. The Kier molecular flexibility index (Phi) is 4.17. The van der Waals surface area contributed by atoms with Gasteiger partial charge in [0.2, 0.25) is 0 Å². The predicted octanol–water partition coefficient (Wildman–Crippen LogP) is 2.06. The molecule has 1 amide bonds. The van der Waals surface area contributed by atoms with E-state index in [2.05, 4.69) is 4.98 Å². The Morgan fingerprint density at radius 3 is 3.00 bits per heavy atom. The van der Waals surface area contributed by atoms with E-state index < -0.39 is 5.97 Å². The normalized spacial score (nSPS) is 18.2. The molecule has 1 aliphatic heterocycles. The van der Waals surface area contributed by atoms with Crippen molar-refractivity contribution in [3.8, 4) is 0 Å². The Morgan fingerprint density at radius 1 is 1.41 bits per heavy atom. The molecule has 1 unspecified atom stereocenters. The van der Waals surface area contributed by atoms with Gasteiger partial charge in [0, 0.05) is 17.6 Å². The summed E-state index contributed by atoms with van der Waals surface area (Å²) in [6.45, 7) is 1.37. The van der Waals surface area contributed by atoms with Gasteiger partial charge in [-0.3, -0.25) is 9.78 Å². The van der Waals surface area contributed by atoms with Crippen molar-refractivity contribution in [3.63, 3.8) is 0 Å². The first-order valence-corrected chi connectivity index (χ1v) is 7.67. The number of nitrogens with zero attached hydrogens (tertiary/aromatic N) is 2. The lowest BCUT2D eigenvalue weighted by Gasteiger charge is -2.32. The average Bonchev–Trinajstić information content (AvgIpc) is 3.09. The van der Waals surface area contributed by atoms with E-state index in [1.807, 2.05) is 17.5 Å². The molecule has 0 radical (unpaired) electrons. The van der Waals surface area contributed by atoms with Crippen LogP contribution < -0.4 is 0 Å². The fourth-order valence-corrected chi connectivity index (χ4v) is 3.09. The highest BCUT2D eigenvalue weighted by Crippen LogP contribution is 2.26. The van der Waals surface area contributed by atoms with Crippen molar-refractivity contribution < 1.29 is 19.4 Å². The maximum absolute atomic E-state index is 12.5. The molecule has 114 valence electrons. The van der Waals surface area contributed by atoms with E-state index in [1.165, 1.54) is 18.3 Å². The van der Waals surface area contributed by atoms with E-state index in [-0.39, 0.29) is 23.3 Å². The van der Waals surface area contributed by atoms with Crippen LogP contribution in [-0.2, 0) is 4.74 Å². The van der Waals surface area contributed by atoms with E-state index in [0.717, 1.165) is 4.88 Å². The average molecular weight is 318 g/mol. The SMILES string of the molecule is O=C(O)c1ccnc(C(=O)N2CCOC(c3cccs3)C2)c1. The molecular formula is C15H14N2O4S. The summed E-state index contributed by atoms with van der Waals surface area (Å²) in [6, 6.07) is 6.60. The first kappa shape index (κ1) is 14.7. The number of carbonyl (C=O) groups excluding carboxylic acids is 1. The maximum Gasteiger partial charge on any atom is 0.335 e. The summed E-state index contributed by atoms with van der Waals surface area (Å²) >= 11 is 1.59. The molecule has 1 aliphatic rings. The van der Waals surface area contributed by atoms with Crippen molar-refractivity contribution in [1.29, 1.82) is 0 Å². The highest BCUT2D eigenvalue weighted by Gasteiger charge is 2.27. The number of morpholine rings is 1. The molecule has 0 aliphatic carbocycles. The zero-order valence-corrected chi connectivity index (χ0v) is 12.5. The van der Waals surface area contributed by atoms with Gasteiger partial charge in [0.15, 0.2) is 0 Å². The van der Waals surface area contributed by atoms with Gasteiger partial charge in [0.1, 0.15) is 11.8 Å². The largest absolute Gasteiger partial charge is 0.478 e. The zero-order chi connectivity index (χ0) is 15.5.